The maximum Gasteiger partial charge on any atom is 0.225 e. The zero-order chi connectivity index (χ0) is 13.8. The summed E-state index contributed by atoms with van der Waals surface area (Å²) in [6.45, 7) is 7.91. The molecule has 106 valence electrons. The van der Waals surface area contributed by atoms with Crippen LogP contribution >= 0.6 is 0 Å². The molecule has 1 aliphatic carbocycles. The molecule has 1 amide bonds. The Hall–Kier alpha value is -0.610. The lowest BCUT2D eigenvalue weighted by atomic mass is 9.74. The lowest BCUT2D eigenvalue weighted by Gasteiger charge is -2.37. The summed E-state index contributed by atoms with van der Waals surface area (Å²) in [5.41, 5.74) is 5.90. The Morgan fingerprint density at radius 3 is 2.72 bits per heavy atom. The van der Waals surface area contributed by atoms with Crippen LogP contribution in [0.5, 0.6) is 0 Å². The SMILES string of the molecule is CC(C)N(C)CCNC(=O)C1CCCCC1(C)N. The summed E-state index contributed by atoms with van der Waals surface area (Å²) in [6, 6.07) is 0.511. The minimum atomic E-state index is -0.327. The van der Waals surface area contributed by atoms with E-state index in [2.05, 4.69) is 31.1 Å². The number of nitrogens with one attached hydrogen (secondary N) is 1. The first-order valence-corrected chi connectivity index (χ1v) is 7.11. The van der Waals surface area contributed by atoms with E-state index in [9.17, 15) is 4.79 Å². The monoisotopic (exact) mass is 255 g/mol. The first-order valence-electron chi connectivity index (χ1n) is 7.11. The molecule has 2 atom stereocenters. The molecule has 4 heteroatoms. The van der Waals surface area contributed by atoms with Crippen LogP contribution < -0.4 is 11.1 Å². The van der Waals surface area contributed by atoms with E-state index in [1.165, 1.54) is 0 Å². The van der Waals surface area contributed by atoms with Gasteiger partial charge in [-0.05, 0) is 40.7 Å². The highest BCUT2D eigenvalue weighted by Gasteiger charge is 2.37. The van der Waals surface area contributed by atoms with Crippen LogP contribution in [0.15, 0.2) is 0 Å². The van der Waals surface area contributed by atoms with Crippen molar-refractivity contribution in [1.82, 2.24) is 10.2 Å². The first kappa shape index (κ1) is 15.4. The molecule has 0 aromatic rings. The fourth-order valence-electron chi connectivity index (χ4n) is 2.53. The van der Waals surface area contributed by atoms with Gasteiger partial charge in [0.05, 0.1) is 5.92 Å². The van der Waals surface area contributed by atoms with Crippen molar-refractivity contribution in [1.29, 1.82) is 0 Å². The maximum absolute atomic E-state index is 12.2. The van der Waals surface area contributed by atoms with Gasteiger partial charge in [-0.3, -0.25) is 4.79 Å². The summed E-state index contributed by atoms with van der Waals surface area (Å²) in [5, 5.41) is 3.03. The third-order valence-electron chi connectivity index (χ3n) is 4.22. The van der Waals surface area contributed by atoms with Crippen LogP contribution in [0.4, 0.5) is 0 Å². The summed E-state index contributed by atoms with van der Waals surface area (Å²) < 4.78 is 0. The van der Waals surface area contributed by atoms with E-state index < -0.39 is 0 Å². The Labute approximate surface area is 111 Å². The number of amides is 1. The van der Waals surface area contributed by atoms with Gasteiger partial charge in [0.1, 0.15) is 0 Å². The van der Waals surface area contributed by atoms with Crippen molar-refractivity contribution in [2.24, 2.45) is 11.7 Å². The van der Waals surface area contributed by atoms with Crippen molar-refractivity contribution in [3.63, 3.8) is 0 Å². The minimum absolute atomic E-state index is 0.0180. The lowest BCUT2D eigenvalue weighted by Crippen LogP contribution is -2.53. The Balaban J connectivity index is 2.36. The van der Waals surface area contributed by atoms with Crippen molar-refractivity contribution in [2.75, 3.05) is 20.1 Å². The Morgan fingerprint density at radius 2 is 2.17 bits per heavy atom. The van der Waals surface area contributed by atoms with Gasteiger partial charge in [-0.2, -0.15) is 0 Å². The van der Waals surface area contributed by atoms with Crippen LogP contribution in [0.3, 0.4) is 0 Å². The number of nitrogens with zero attached hydrogens (tertiary/aromatic N) is 1. The van der Waals surface area contributed by atoms with Gasteiger partial charge >= 0.3 is 0 Å². The van der Waals surface area contributed by atoms with Gasteiger partial charge < -0.3 is 16.0 Å². The summed E-state index contributed by atoms with van der Waals surface area (Å²) in [7, 11) is 2.07. The summed E-state index contributed by atoms with van der Waals surface area (Å²) >= 11 is 0. The first-order chi connectivity index (χ1) is 8.34. The predicted molar refractivity (Wildman–Crippen MR) is 75.3 cm³/mol. The number of nitrogens with two attached hydrogens (primary N) is 1. The molecule has 1 fully saturated rings. The van der Waals surface area contributed by atoms with E-state index in [-0.39, 0.29) is 17.4 Å². The molecular formula is C14H29N3O. The van der Waals surface area contributed by atoms with Crippen LogP contribution in [-0.4, -0.2) is 42.5 Å². The Kier molecular flexibility index (Phi) is 5.60. The van der Waals surface area contributed by atoms with E-state index in [1.807, 2.05) is 6.92 Å². The molecule has 3 N–H and O–H groups in total. The molecule has 1 rings (SSSR count). The highest BCUT2D eigenvalue weighted by atomic mass is 16.1. The molecule has 0 heterocycles. The number of carbonyl (C=O) groups is 1. The van der Waals surface area contributed by atoms with Crippen LogP contribution in [0.25, 0.3) is 0 Å². The molecular weight excluding hydrogens is 226 g/mol. The molecule has 1 aliphatic rings. The molecule has 0 aromatic carbocycles. The predicted octanol–water partition coefficient (Wildman–Crippen LogP) is 1.35. The standard InChI is InChI=1S/C14H29N3O/c1-11(2)17(4)10-9-16-13(18)12-7-5-6-8-14(12,3)15/h11-12H,5-10,15H2,1-4H3,(H,16,18). The maximum atomic E-state index is 12.2. The Morgan fingerprint density at radius 1 is 1.50 bits per heavy atom. The van der Waals surface area contributed by atoms with Crippen molar-refractivity contribution in [2.45, 2.75) is 58.0 Å². The quantitative estimate of drug-likeness (QED) is 0.779. The second kappa shape index (κ2) is 6.53. The smallest absolute Gasteiger partial charge is 0.225 e. The molecule has 0 saturated heterocycles. The number of hydrogen-bond acceptors (Lipinski definition) is 3. The minimum Gasteiger partial charge on any atom is -0.355 e. The topological polar surface area (TPSA) is 58.4 Å². The van der Waals surface area contributed by atoms with Gasteiger partial charge in [0.25, 0.3) is 0 Å². The fourth-order valence-corrected chi connectivity index (χ4v) is 2.53. The number of rotatable bonds is 5. The lowest BCUT2D eigenvalue weighted by molar-refractivity contribution is -0.128. The average Bonchev–Trinajstić information content (AvgIpc) is 2.27. The number of likely N-dealkylation sites (N-methyl/N-ethyl adjacent to an activating group) is 1. The molecule has 0 radical (unpaired) electrons. The number of carbonyl (C=O) groups excluding carboxylic acids is 1. The van der Waals surface area contributed by atoms with Crippen LogP contribution in [0, 0.1) is 5.92 Å². The average molecular weight is 255 g/mol. The zero-order valence-corrected chi connectivity index (χ0v) is 12.3. The zero-order valence-electron chi connectivity index (χ0n) is 12.3. The molecule has 0 bridgehead atoms. The van der Waals surface area contributed by atoms with E-state index >= 15 is 0 Å². The van der Waals surface area contributed by atoms with Gasteiger partial charge in [0.2, 0.25) is 5.91 Å². The van der Waals surface area contributed by atoms with Crippen LogP contribution in [-0.2, 0) is 4.79 Å². The molecule has 2 unspecified atom stereocenters. The summed E-state index contributed by atoms with van der Waals surface area (Å²) in [6.07, 6.45) is 4.15. The molecule has 18 heavy (non-hydrogen) atoms. The van der Waals surface area contributed by atoms with Crippen molar-refractivity contribution < 1.29 is 4.79 Å². The third-order valence-corrected chi connectivity index (χ3v) is 4.22. The molecule has 0 spiro atoms. The van der Waals surface area contributed by atoms with Gasteiger partial charge in [-0.25, -0.2) is 0 Å². The Bertz CT molecular complexity index is 276. The van der Waals surface area contributed by atoms with Gasteiger partial charge in [-0.15, -0.1) is 0 Å². The summed E-state index contributed by atoms with van der Waals surface area (Å²) in [5.74, 6) is 0.118. The van der Waals surface area contributed by atoms with Gasteiger partial charge in [0.15, 0.2) is 0 Å². The highest BCUT2D eigenvalue weighted by molar-refractivity contribution is 5.80. The summed E-state index contributed by atoms with van der Waals surface area (Å²) in [4.78, 5) is 14.4. The van der Waals surface area contributed by atoms with Crippen LogP contribution in [0.2, 0.25) is 0 Å². The van der Waals surface area contributed by atoms with Crippen LogP contribution in [0.1, 0.15) is 46.5 Å². The van der Waals surface area contributed by atoms with E-state index in [1.54, 1.807) is 0 Å². The molecule has 4 nitrogen and oxygen atoms in total. The molecule has 0 aromatic heterocycles. The third kappa shape index (κ3) is 4.25. The van der Waals surface area contributed by atoms with Crippen molar-refractivity contribution in [3.8, 4) is 0 Å². The van der Waals surface area contributed by atoms with Gasteiger partial charge in [0, 0.05) is 24.7 Å². The second-order valence-electron chi connectivity index (χ2n) is 6.17. The number of hydrogen-bond donors (Lipinski definition) is 2. The molecule has 1 saturated carbocycles. The van der Waals surface area contributed by atoms with Crippen molar-refractivity contribution in [3.05, 3.63) is 0 Å². The second-order valence-corrected chi connectivity index (χ2v) is 6.17. The van der Waals surface area contributed by atoms with Crippen molar-refractivity contribution >= 4 is 5.91 Å². The fraction of sp³-hybridized carbons (Fsp3) is 0.929. The van der Waals surface area contributed by atoms with E-state index in [0.717, 1.165) is 32.2 Å². The van der Waals surface area contributed by atoms with E-state index in [4.69, 9.17) is 5.73 Å². The van der Waals surface area contributed by atoms with Gasteiger partial charge in [-0.1, -0.05) is 12.8 Å². The van der Waals surface area contributed by atoms with E-state index in [0.29, 0.717) is 12.6 Å². The largest absolute Gasteiger partial charge is 0.355 e. The normalized spacial score (nSPS) is 28.7. The highest BCUT2D eigenvalue weighted by Crippen LogP contribution is 2.31. The molecule has 0 aliphatic heterocycles.